The van der Waals surface area contributed by atoms with Crippen LogP contribution in [0.4, 0.5) is 0 Å². The van der Waals surface area contributed by atoms with Gasteiger partial charge < -0.3 is 31.5 Å². The van der Waals surface area contributed by atoms with E-state index in [9.17, 15) is 20.4 Å². The van der Waals surface area contributed by atoms with E-state index in [1.807, 2.05) is 0 Å². The van der Waals surface area contributed by atoms with Crippen molar-refractivity contribution in [3.8, 4) is 0 Å². The van der Waals surface area contributed by atoms with Crippen molar-refractivity contribution in [3.05, 3.63) is 17.9 Å². The minimum atomic E-state index is -1.26. The summed E-state index contributed by atoms with van der Waals surface area (Å²) in [7, 11) is 0. The molecule has 2 aliphatic carbocycles. The largest absolute Gasteiger partial charge is 0.391 e. The molecule has 0 heterocycles. The SMILES string of the molecule is NC1CC(NCC(O)C2C=C=C2)C(O)C(O)C1O. The smallest absolute Gasteiger partial charge is 0.109 e. The summed E-state index contributed by atoms with van der Waals surface area (Å²) in [5.41, 5.74) is 8.51. The van der Waals surface area contributed by atoms with Crippen LogP contribution in [0.25, 0.3) is 0 Å². The molecule has 0 bridgehead atoms. The van der Waals surface area contributed by atoms with Crippen LogP contribution in [0.5, 0.6) is 0 Å². The summed E-state index contributed by atoms with van der Waals surface area (Å²) in [6, 6.07) is -1.01. The molecular formula is C12H20N2O4. The molecule has 0 radical (unpaired) electrons. The average Bonchev–Trinajstić information content (AvgIpc) is 2.27. The van der Waals surface area contributed by atoms with Gasteiger partial charge >= 0.3 is 0 Å². The third kappa shape index (κ3) is 2.65. The van der Waals surface area contributed by atoms with Gasteiger partial charge in [0.05, 0.1) is 18.3 Å². The van der Waals surface area contributed by atoms with E-state index in [1.165, 1.54) is 0 Å². The van der Waals surface area contributed by atoms with Gasteiger partial charge in [-0.2, -0.15) is 0 Å². The van der Waals surface area contributed by atoms with E-state index in [2.05, 4.69) is 11.0 Å². The zero-order chi connectivity index (χ0) is 13.3. The number of nitrogens with one attached hydrogen (secondary N) is 1. The highest BCUT2D eigenvalue weighted by Gasteiger charge is 2.41. The number of hydrogen-bond donors (Lipinski definition) is 6. The summed E-state index contributed by atoms with van der Waals surface area (Å²) in [5, 5.41) is 41.7. The Morgan fingerprint density at radius 2 is 1.89 bits per heavy atom. The molecule has 1 saturated carbocycles. The fourth-order valence-corrected chi connectivity index (χ4v) is 2.31. The van der Waals surface area contributed by atoms with Gasteiger partial charge in [-0.25, -0.2) is 0 Å². The molecule has 1 fully saturated rings. The minimum absolute atomic E-state index is 0.0116. The molecule has 0 aromatic rings. The van der Waals surface area contributed by atoms with Gasteiger partial charge in [-0.05, 0) is 18.6 Å². The molecule has 0 spiro atoms. The Morgan fingerprint density at radius 3 is 2.44 bits per heavy atom. The van der Waals surface area contributed by atoms with Crippen LogP contribution in [0.3, 0.4) is 0 Å². The van der Waals surface area contributed by atoms with Crippen LogP contribution < -0.4 is 11.1 Å². The molecule has 0 amide bonds. The lowest BCUT2D eigenvalue weighted by molar-refractivity contribution is -0.107. The topological polar surface area (TPSA) is 119 Å². The first-order valence-corrected chi connectivity index (χ1v) is 6.14. The maximum atomic E-state index is 9.81. The Hall–Kier alpha value is -0.720. The maximum Gasteiger partial charge on any atom is 0.109 e. The molecule has 7 N–H and O–H groups in total. The van der Waals surface area contributed by atoms with Crippen LogP contribution in [0.2, 0.25) is 0 Å². The Labute approximate surface area is 105 Å². The lowest BCUT2D eigenvalue weighted by atomic mass is 9.84. The average molecular weight is 256 g/mol. The summed E-state index contributed by atoms with van der Waals surface area (Å²) in [6.45, 7) is 0.288. The van der Waals surface area contributed by atoms with Gasteiger partial charge in [0.2, 0.25) is 0 Å². The molecule has 0 aromatic heterocycles. The number of nitrogens with two attached hydrogens (primary N) is 1. The first-order valence-electron chi connectivity index (χ1n) is 6.14. The highest BCUT2D eigenvalue weighted by molar-refractivity contribution is 5.12. The van der Waals surface area contributed by atoms with Crippen molar-refractivity contribution in [1.29, 1.82) is 0 Å². The number of rotatable bonds is 4. The lowest BCUT2D eigenvalue weighted by Crippen LogP contribution is -2.62. The van der Waals surface area contributed by atoms with E-state index < -0.39 is 36.5 Å². The fourth-order valence-electron chi connectivity index (χ4n) is 2.31. The van der Waals surface area contributed by atoms with Crippen molar-refractivity contribution in [2.45, 2.75) is 42.9 Å². The Kier molecular flexibility index (Phi) is 4.19. The first-order chi connectivity index (χ1) is 8.50. The van der Waals surface area contributed by atoms with Gasteiger partial charge in [-0.3, -0.25) is 0 Å². The van der Waals surface area contributed by atoms with Crippen LogP contribution >= 0.6 is 0 Å². The van der Waals surface area contributed by atoms with E-state index in [1.54, 1.807) is 12.2 Å². The second kappa shape index (κ2) is 5.50. The van der Waals surface area contributed by atoms with Crippen molar-refractivity contribution in [1.82, 2.24) is 5.32 Å². The molecule has 6 heteroatoms. The summed E-state index contributed by atoms with van der Waals surface area (Å²) < 4.78 is 0. The summed E-state index contributed by atoms with van der Waals surface area (Å²) in [6.07, 6.45) is -0.143. The molecule has 6 nitrogen and oxygen atoms in total. The molecule has 0 aromatic carbocycles. The van der Waals surface area contributed by atoms with E-state index >= 15 is 0 Å². The molecule has 6 atom stereocenters. The summed E-state index contributed by atoms with van der Waals surface area (Å²) in [4.78, 5) is 0. The van der Waals surface area contributed by atoms with E-state index in [-0.39, 0.29) is 12.5 Å². The van der Waals surface area contributed by atoms with Gasteiger partial charge in [0.15, 0.2) is 0 Å². The number of aliphatic hydroxyl groups excluding tert-OH is 4. The predicted molar refractivity (Wildman–Crippen MR) is 64.6 cm³/mol. The predicted octanol–water partition coefficient (Wildman–Crippen LogP) is -2.54. The summed E-state index contributed by atoms with van der Waals surface area (Å²) in [5.74, 6) is -0.0116. The van der Waals surface area contributed by atoms with Crippen molar-refractivity contribution in [3.63, 3.8) is 0 Å². The fraction of sp³-hybridized carbons (Fsp3) is 0.750. The number of aliphatic hydroxyl groups is 4. The molecule has 6 unspecified atom stereocenters. The monoisotopic (exact) mass is 256 g/mol. The third-order valence-corrected chi connectivity index (χ3v) is 3.69. The van der Waals surface area contributed by atoms with E-state index in [0.29, 0.717) is 6.42 Å². The quantitative estimate of drug-likeness (QED) is 0.308. The second-order valence-electron chi connectivity index (χ2n) is 5.03. The third-order valence-electron chi connectivity index (χ3n) is 3.69. The van der Waals surface area contributed by atoms with Gasteiger partial charge in [-0.15, -0.1) is 5.73 Å². The normalized spacial score (nSPS) is 41.7. The Bertz CT molecular complexity index is 348. The van der Waals surface area contributed by atoms with E-state index in [4.69, 9.17) is 5.73 Å². The molecule has 0 saturated heterocycles. The van der Waals surface area contributed by atoms with Gasteiger partial charge in [-0.1, -0.05) is 0 Å². The first kappa shape index (κ1) is 13.7. The molecule has 0 aliphatic heterocycles. The van der Waals surface area contributed by atoms with Crippen LogP contribution in [0, 0.1) is 5.92 Å². The Morgan fingerprint density at radius 1 is 1.22 bits per heavy atom. The highest BCUT2D eigenvalue weighted by atomic mass is 16.4. The number of hydrogen-bond acceptors (Lipinski definition) is 6. The highest BCUT2D eigenvalue weighted by Crippen LogP contribution is 2.20. The standard InChI is InChI=1S/C12H20N2O4/c13-7-4-8(11(17)12(18)10(7)16)14-5-9(15)6-2-1-3-6/h2-3,6-12,14-18H,4-5,13H2. The van der Waals surface area contributed by atoms with Gasteiger partial charge in [0, 0.05) is 24.5 Å². The van der Waals surface area contributed by atoms with Crippen molar-refractivity contribution in [2.75, 3.05) is 6.54 Å². The minimum Gasteiger partial charge on any atom is -0.391 e. The molecule has 102 valence electrons. The zero-order valence-corrected chi connectivity index (χ0v) is 9.98. The Balaban J connectivity index is 1.83. The molecule has 2 rings (SSSR count). The van der Waals surface area contributed by atoms with Gasteiger partial charge in [0.1, 0.15) is 6.10 Å². The van der Waals surface area contributed by atoms with Crippen molar-refractivity contribution in [2.24, 2.45) is 11.7 Å². The van der Waals surface area contributed by atoms with Crippen LogP contribution in [-0.2, 0) is 0 Å². The summed E-state index contributed by atoms with van der Waals surface area (Å²) >= 11 is 0. The molecule has 18 heavy (non-hydrogen) atoms. The maximum absolute atomic E-state index is 9.81. The zero-order valence-electron chi connectivity index (χ0n) is 9.98. The van der Waals surface area contributed by atoms with E-state index in [0.717, 1.165) is 0 Å². The van der Waals surface area contributed by atoms with Gasteiger partial charge in [0.25, 0.3) is 0 Å². The lowest BCUT2D eigenvalue weighted by Gasteiger charge is -2.39. The van der Waals surface area contributed by atoms with Crippen LogP contribution in [0.15, 0.2) is 17.9 Å². The van der Waals surface area contributed by atoms with Crippen LogP contribution in [-0.4, -0.2) is 63.5 Å². The second-order valence-corrected chi connectivity index (χ2v) is 5.03. The molecule has 2 aliphatic rings. The van der Waals surface area contributed by atoms with Crippen molar-refractivity contribution >= 4 is 0 Å². The van der Waals surface area contributed by atoms with Crippen LogP contribution in [0.1, 0.15) is 6.42 Å². The van der Waals surface area contributed by atoms with Crippen molar-refractivity contribution < 1.29 is 20.4 Å². The molecular weight excluding hydrogens is 236 g/mol.